The highest BCUT2D eigenvalue weighted by Gasteiger charge is 2.68. The van der Waals surface area contributed by atoms with E-state index in [-0.39, 0.29) is 178 Å². The van der Waals surface area contributed by atoms with Crippen molar-refractivity contribution in [2.24, 2.45) is 46.3 Å². The Labute approximate surface area is 603 Å². The molecule has 101 heavy (non-hydrogen) atoms. The maximum absolute atomic E-state index is 14.2. The number of carbonyl (C=O) groups is 10. The van der Waals surface area contributed by atoms with Crippen molar-refractivity contribution in [3.63, 3.8) is 0 Å². The van der Waals surface area contributed by atoms with Gasteiger partial charge in [0.1, 0.15) is 58.0 Å². The van der Waals surface area contributed by atoms with E-state index >= 15 is 0 Å². The van der Waals surface area contributed by atoms with Crippen molar-refractivity contribution in [1.82, 2.24) is 0 Å². The molecule has 0 unspecified atom stereocenters. The van der Waals surface area contributed by atoms with Crippen molar-refractivity contribution in [2.75, 3.05) is 79.3 Å². The van der Waals surface area contributed by atoms with Crippen LogP contribution in [0.2, 0.25) is 0 Å². The van der Waals surface area contributed by atoms with Gasteiger partial charge in [-0.25, -0.2) is 0 Å². The minimum absolute atomic E-state index is 0.0453. The largest absolute Gasteiger partial charge is 0.481 e. The number of rotatable bonds is 58. The number of fused-ring (bicyclic) bond motifs is 5. The number of unbranched alkanes of at least 4 members (excludes halogenated alkanes) is 18. The van der Waals surface area contributed by atoms with E-state index in [0.29, 0.717) is 70.6 Å². The Hall–Kier alpha value is -5.42. The molecule has 0 amide bonds. The molecule has 0 aliphatic heterocycles. The summed E-state index contributed by atoms with van der Waals surface area (Å²) >= 11 is 0. The van der Waals surface area contributed by atoms with Gasteiger partial charge < -0.3 is 61.9 Å². The molecule has 580 valence electrons. The molecule has 0 spiro atoms. The average Bonchev–Trinajstić information content (AvgIpc) is 1.68. The van der Waals surface area contributed by atoms with Crippen molar-refractivity contribution in [3.05, 3.63) is 0 Å². The van der Waals surface area contributed by atoms with Gasteiger partial charge >= 0.3 is 59.7 Å². The van der Waals surface area contributed by atoms with Gasteiger partial charge in [-0.15, -0.1) is 0 Å². The molecule has 0 radical (unpaired) electrons. The van der Waals surface area contributed by atoms with Gasteiger partial charge in [-0.2, -0.15) is 0 Å². The van der Waals surface area contributed by atoms with E-state index in [4.69, 9.17) is 56.8 Å². The molecule has 23 nitrogen and oxygen atoms in total. The molecule has 4 aliphatic rings. The Morgan fingerprint density at radius 3 is 1.13 bits per heavy atom. The Morgan fingerprint density at radius 2 is 0.733 bits per heavy atom. The average molecular weight is 1440 g/mol. The summed E-state index contributed by atoms with van der Waals surface area (Å²) in [7, 11) is 0. The minimum Gasteiger partial charge on any atom is -0.481 e. The quantitative estimate of drug-likeness (QED) is 0.0336. The van der Waals surface area contributed by atoms with Crippen LogP contribution in [0.5, 0.6) is 0 Å². The summed E-state index contributed by atoms with van der Waals surface area (Å²) in [5.41, 5.74) is -1.15. The van der Waals surface area contributed by atoms with E-state index in [9.17, 15) is 53.1 Å². The van der Waals surface area contributed by atoms with Gasteiger partial charge in [0.15, 0.2) is 0 Å². The first-order valence-electron chi connectivity index (χ1n) is 39.2. The molecule has 4 rings (SSSR count). The van der Waals surface area contributed by atoms with Gasteiger partial charge in [0.05, 0.1) is 78.2 Å². The van der Waals surface area contributed by atoms with Crippen LogP contribution in [-0.2, 0) is 105 Å². The molecule has 4 aliphatic carbocycles. The maximum Gasteiger partial charge on any atom is 0.306 e. The Kier molecular flexibility index (Phi) is 45.0. The number of carbonyl (C=O) groups excluding carboxylic acids is 9. The lowest BCUT2D eigenvalue weighted by Crippen LogP contribution is -2.63. The summed E-state index contributed by atoms with van der Waals surface area (Å²) in [5, 5.41) is 9.81. The number of esters is 9. The second kappa shape index (κ2) is 51.7. The third-order valence-corrected chi connectivity index (χ3v) is 21.6. The van der Waals surface area contributed by atoms with Crippen molar-refractivity contribution in [2.45, 2.75) is 310 Å². The van der Waals surface area contributed by atoms with Crippen molar-refractivity contribution < 1.29 is 110 Å². The molecule has 0 aromatic heterocycles. The molecule has 1 N–H and O–H groups in total. The van der Waals surface area contributed by atoms with Gasteiger partial charge in [-0.1, -0.05) is 157 Å². The number of aliphatic carboxylic acids is 1. The van der Waals surface area contributed by atoms with Gasteiger partial charge in [-0.05, 0) is 106 Å². The zero-order valence-corrected chi connectivity index (χ0v) is 62.7. The first-order valence-corrected chi connectivity index (χ1v) is 39.2. The topological polar surface area (TPSA) is 302 Å². The van der Waals surface area contributed by atoms with Crippen LogP contribution in [0.4, 0.5) is 0 Å². The number of ether oxygens (including phenoxy) is 12. The Bertz CT molecular complexity index is 2420. The molecular formula is C78H130O23. The first-order chi connectivity index (χ1) is 48.7. The second-order valence-corrected chi connectivity index (χ2v) is 29.1. The lowest BCUT2D eigenvalue weighted by Gasteiger charge is -2.64. The maximum atomic E-state index is 14.2. The highest BCUT2D eigenvalue weighted by atomic mass is 16.6. The molecule has 0 aromatic carbocycles. The first kappa shape index (κ1) is 88.0. The predicted octanol–water partition coefficient (Wildman–Crippen LogP) is 14.2. The van der Waals surface area contributed by atoms with E-state index in [2.05, 4.69) is 34.6 Å². The van der Waals surface area contributed by atoms with Crippen LogP contribution in [0.3, 0.4) is 0 Å². The molecule has 4 saturated carbocycles. The van der Waals surface area contributed by atoms with Crippen molar-refractivity contribution in [1.29, 1.82) is 0 Å². The molecule has 0 bridgehead atoms. The molecular weight excluding hydrogens is 1300 g/mol. The molecule has 4 fully saturated rings. The van der Waals surface area contributed by atoms with Gasteiger partial charge in [0.25, 0.3) is 0 Å². The van der Waals surface area contributed by atoms with E-state index in [1.165, 1.54) is 77.0 Å². The third-order valence-electron chi connectivity index (χ3n) is 21.6. The number of carboxylic acid groups (broad SMARTS) is 1. The standard InChI is InChI=1S/C78H130O23/c1-7-10-13-16-19-22-25-28-67(81)93-49-43-90-46-52-96-70(84)35-38-73(87)99-60-41-42-77(5)59(55-60)56-64(100-74(88)39-36-71(85)97-53-47-91-44-50-94-68(82)29-26-23-20-17-14-11-8-2)76-62-33-32-61(58(4)31-34-66(79)80)78(62,6)65(57-63(76)77)101-75(89)40-37-72(86)98-54-48-92-45-51-95-69(83)30-27-24-21-18-15-12-9-3/h58-65,76H,7-57H2,1-6H3,(H,79,80)/t58-,59+,60-,61-,62+,63+,64-,65+,76+,77+,78-/m1/s1. The van der Waals surface area contributed by atoms with Crippen molar-refractivity contribution in [3.8, 4) is 0 Å². The van der Waals surface area contributed by atoms with Crippen LogP contribution in [0.25, 0.3) is 0 Å². The Balaban J connectivity index is 1.37. The fraction of sp³-hybridized carbons (Fsp3) is 0.872. The lowest BCUT2D eigenvalue weighted by molar-refractivity contribution is -0.226. The smallest absolute Gasteiger partial charge is 0.306 e. The fourth-order valence-electron chi connectivity index (χ4n) is 16.0. The summed E-state index contributed by atoms with van der Waals surface area (Å²) in [6, 6.07) is 0. The van der Waals surface area contributed by atoms with Gasteiger partial charge in [-0.3, -0.25) is 47.9 Å². The summed E-state index contributed by atoms with van der Waals surface area (Å²) in [4.78, 5) is 129. The molecule has 11 atom stereocenters. The summed E-state index contributed by atoms with van der Waals surface area (Å²) in [5.74, 6) is -6.24. The highest BCUT2D eigenvalue weighted by molar-refractivity contribution is 5.79. The molecule has 0 saturated heterocycles. The van der Waals surface area contributed by atoms with Crippen LogP contribution >= 0.6 is 0 Å². The second-order valence-electron chi connectivity index (χ2n) is 29.1. The van der Waals surface area contributed by atoms with Crippen LogP contribution in [0, 0.1) is 46.3 Å². The van der Waals surface area contributed by atoms with Crippen molar-refractivity contribution >= 4 is 59.7 Å². The van der Waals surface area contributed by atoms with Gasteiger partial charge in [0.2, 0.25) is 0 Å². The monoisotopic (exact) mass is 1430 g/mol. The van der Waals surface area contributed by atoms with Crippen LogP contribution < -0.4 is 0 Å². The Morgan fingerprint density at radius 1 is 0.376 bits per heavy atom. The highest BCUT2D eigenvalue weighted by Crippen LogP contribution is 2.69. The number of hydrogen-bond donors (Lipinski definition) is 1. The van der Waals surface area contributed by atoms with Crippen LogP contribution in [0.1, 0.15) is 292 Å². The molecule has 0 aromatic rings. The number of hydrogen-bond acceptors (Lipinski definition) is 22. The number of carboxylic acids is 1. The van der Waals surface area contributed by atoms with Crippen LogP contribution in [-0.4, -0.2) is 162 Å². The third kappa shape index (κ3) is 34.8. The van der Waals surface area contributed by atoms with Crippen LogP contribution in [0.15, 0.2) is 0 Å². The fourth-order valence-corrected chi connectivity index (χ4v) is 16.0. The summed E-state index contributed by atoms with van der Waals surface area (Å²) in [6.45, 7) is 13.6. The summed E-state index contributed by atoms with van der Waals surface area (Å²) in [6.07, 6.45) is 24.9. The molecule has 0 heterocycles. The predicted molar refractivity (Wildman–Crippen MR) is 375 cm³/mol. The zero-order chi connectivity index (χ0) is 73.5. The lowest BCUT2D eigenvalue weighted by atomic mass is 9.43. The zero-order valence-electron chi connectivity index (χ0n) is 62.7. The minimum atomic E-state index is -0.918. The van der Waals surface area contributed by atoms with E-state index < -0.39 is 70.9 Å². The van der Waals surface area contributed by atoms with E-state index in [0.717, 1.165) is 57.8 Å². The summed E-state index contributed by atoms with van der Waals surface area (Å²) < 4.78 is 67.7. The van der Waals surface area contributed by atoms with E-state index in [1.807, 2.05) is 6.92 Å². The van der Waals surface area contributed by atoms with E-state index in [1.54, 1.807) is 0 Å². The normalized spacial score (nSPS) is 23.0. The SMILES string of the molecule is CCCCCCCCCC(=O)OCCOCCOC(=O)CCC(=O)O[C@@H]1CC[C@@]2(C)[C@@H](C1)C[C@@H](OC(=O)CCC(=O)OCCOCCOC(=O)CCCCCCCCC)[C@@H]1[C@@H]2C[C@H](OC(=O)CCC(=O)OCCOCCOC(=O)CCCCCCCCC)[C@]2(C)[C@@H]([C@H](C)CCC(=O)O)CC[C@@H]12. The van der Waals surface area contributed by atoms with Gasteiger partial charge in [0, 0.05) is 37.0 Å². The molecule has 23 heteroatoms.